The second kappa shape index (κ2) is 11.4. The van der Waals surface area contributed by atoms with Crippen LogP contribution in [0.5, 0.6) is 0 Å². The molecule has 38 heavy (non-hydrogen) atoms. The second-order valence-corrected chi connectivity index (χ2v) is 8.99. The van der Waals surface area contributed by atoms with Crippen LogP contribution in [0.2, 0.25) is 5.02 Å². The molecule has 0 spiro atoms. The van der Waals surface area contributed by atoms with Crippen LogP contribution in [0.3, 0.4) is 0 Å². The first-order valence-electron chi connectivity index (χ1n) is 11.3. The van der Waals surface area contributed by atoms with Gasteiger partial charge in [-0.25, -0.2) is 14.6 Å². The molecule has 4 rings (SSSR count). The van der Waals surface area contributed by atoms with Gasteiger partial charge in [0.05, 0.1) is 42.4 Å². The van der Waals surface area contributed by atoms with Gasteiger partial charge in [0.1, 0.15) is 0 Å². The van der Waals surface area contributed by atoms with Gasteiger partial charge in [0.25, 0.3) is 5.91 Å². The molecule has 0 aliphatic carbocycles. The Morgan fingerprint density at radius 3 is 2.39 bits per heavy atom. The molecule has 1 aliphatic heterocycles. The number of rotatable bonds is 5. The summed E-state index contributed by atoms with van der Waals surface area (Å²) in [4.78, 5) is 44.0. The van der Waals surface area contributed by atoms with Crippen LogP contribution in [0.4, 0.5) is 11.4 Å². The number of carbonyl (C=O) groups excluding carboxylic acids is 3. The molecule has 0 saturated heterocycles. The highest BCUT2D eigenvalue weighted by atomic mass is 35.5. The molecule has 0 saturated carbocycles. The van der Waals surface area contributed by atoms with E-state index in [1.165, 1.54) is 37.3 Å². The van der Waals surface area contributed by atoms with E-state index in [4.69, 9.17) is 38.3 Å². The number of nitrogens with one attached hydrogen (secondary N) is 2. The van der Waals surface area contributed by atoms with Crippen molar-refractivity contribution in [2.24, 2.45) is 4.99 Å². The van der Waals surface area contributed by atoms with E-state index in [2.05, 4.69) is 10.6 Å². The van der Waals surface area contributed by atoms with Crippen LogP contribution in [-0.4, -0.2) is 56.1 Å². The maximum Gasteiger partial charge on any atom is 0.339 e. The summed E-state index contributed by atoms with van der Waals surface area (Å²) in [6, 6.07) is 18.9. The molecular formula is C27H23ClN4O5S. The van der Waals surface area contributed by atoms with Gasteiger partial charge in [-0.1, -0.05) is 41.9 Å². The number of amides is 1. The standard InChI is InChI=1S/C27H23ClN4O5S/c1-32-21-12-10-17(28)14-19(21)22(15-7-5-4-6-8-15)30-23(24(32)33)31-27(38)29-20-13-16(25(34)36-2)9-11-18(20)26(35)37-3/h4-14,23H,1-3H3,(H2,29,31,38). The van der Waals surface area contributed by atoms with E-state index in [-0.39, 0.29) is 27.8 Å². The third-order valence-electron chi connectivity index (χ3n) is 5.81. The molecule has 3 aromatic rings. The highest BCUT2D eigenvalue weighted by Gasteiger charge is 2.31. The molecule has 0 aromatic heterocycles. The minimum absolute atomic E-state index is 0.0101. The molecule has 0 fully saturated rings. The lowest BCUT2D eigenvalue weighted by Gasteiger charge is -2.22. The smallest absolute Gasteiger partial charge is 0.339 e. The van der Waals surface area contributed by atoms with E-state index < -0.39 is 18.1 Å². The van der Waals surface area contributed by atoms with Crippen LogP contribution >= 0.6 is 23.8 Å². The molecule has 0 radical (unpaired) electrons. The first-order valence-corrected chi connectivity index (χ1v) is 12.1. The normalized spacial score (nSPS) is 14.5. The van der Waals surface area contributed by atoms with Gasteiger partial charge in [-0.15, -0.1) is 0 Å². The summed E-state index contributed by atoms with van der Waals surface area (Å²) in [7, 11) is 4.12. The number of hydrogen-bond donors (Lipinski definition) is 2. The van der Waals surface area contributed by atoms with E-state index in [1.54, 1.807) is 25.2 Å². The third kappa shape index (κ3) is 5.51. The fourth-order valence-electron chi connectivity index (χ4n) is 3.93. The van der Waals surface area contributed by atoms with Gasteiger partial charge < -0.3 is 25.0 Å². The first kappa shape index (κ1) is 26.8. The molecule has 2 N–H and O–H groups in total. The first-order chi connectivity index (χ1) is 18.2. The van der Waals surface area contributed by atoms with Gasteiger partial charge in [-0.3, -0.25) is 4.79 Å². The number of carbonyl (C=O) groups is 3. The number of aliphatic imine (C=N–C) groups is 1. The van der Waals surface area contributed by atoms with Crippen LogP contribution in [0.1, 0.15) is 31.8 Å². The van der Waals surface area contributed by atoms with Gasteiger partial charge in [0.2, 0.25) is 6.17 Å². The van der Waals surface area contributed by atoms with Crippen LogP contribution in [-0.2, 0) is 14.3 Å². The zero-order chi connectivity index (χ0) is 27.4. The van der Waals surface area contributed by atoms with Crippen molar-refractivity contribution in [3.05, 3.63) is 94.0 Å². The summed E-state index contributed by atoms with van der Waals surface area (Å²) >= 11 is 11.8. The van der Waals surface area contributed by atoms with Crippen LogP contribution < -0.4 is 15.5 Å². The molecule has 0 bridgehead atoms. The highest BCUT2D eigenvalue weighted by Crippen LogP contribution is 2.30. The van der Waals surface area contributed by atoms with Crippen molar-refractivity contribution < 1.29 is 23.9 Å². The third-order valence-corrected chi connectivity index (χ3v) is 6.26. The average molecular weight is 551 g/mol. The Morgan fingerprint density at radius 2 is 1.71 bits per heavy atom. The lowest BCUT2D eigenvalue weighted by molar-refractivity contribution is -0.119. The topological polar surface area (TPSA) is 109 Å². The molecule has 11 heteroatoms. The van der Waals surface area contributed by atoms with Crippen molar-refractivity contribution in [2.75, 3.05) is 31.5 Å². The Bertz CT molecular complexity index is 1460. The SMILES string of the molecule is COC(=O)c1ccc(C(=O)OC)c(NC(=S)NC2N=C(c3ccccc3)c3cc(Cl)ccc3N(C)C2=O)c1. The maximum absolute atomic E-state index is 13.5. The van der Waals surface area contributed by atoms with Gasteiger partial charge >= 0.3 is 11.9 Å². The molecule has 3 aromatic carbocycles. The number of methoxy groups -OCH3 is 2. The number of nitrogens with zero attached hydrogens (tertiary/aromatic N) is 2. The number of ether oxygens (including phenoxy) is 2. The lowest BCUT2D eigenvalue weighted by atomic mass is 10.0. The number of anilines is 2. The van der Waals surface area contributed by atoms with Crippen LogP contribution in [0.15, 0.2) is 71.7 Å². The summed E-state index contributed by atoms with van der Waals surface area (Å²) < 4.78 is 9.61. The number of halogens is 1. The number of fused-ring (bicyclic) bond motifs is 1. The molecule has 1 aliphatic rings. The summed E-state index contributed by atoms with van der Waals surface area (Å²) in [5.41, 5.74) is 3.14. The number of benzene rings is 3. The van der Waals surface area contributed by atoms with Crippen molar-refractivity contribution >= 4 is 63.9 Å². The Hall–Kier alpha value is -4.28. The monoisotopic (exact) mass is 550 g/mol. The predicted octanol–water partition coefficient (Wildman–Crippen LogP) is 4.04. The van der Waals surface area contributed by atoms with E-state index in [9.17, 15) is 14.4 Å². The van der Waals surface area contributed by atoms with Gasteiger partial charge in [-0.05, 0) is 48.6 Å². The Balaban J connectivity index is 1.71. The van der Waals surface area contributed by atoms with Gasteiger partial charge in [-0.2, -0.15) is 0 Å². The minimum Gasteiger partial charge on any atom is -0.465 e. The highest BCUT2D eigenvalue weighted by molar-refractivity contribution is 7.80. The Morgan fingerprint density at radius 1 is 1.00 bits per heavy atom. The van der Waals surface area contributed by atoms with Crippen molar-refractivity contribution in [1.82, 2.24) is 5.32 Å². The summed E-state index contributed by atoms with van der Waals surface area (Å²) in [6.07, 6.45) is -1.12. The summed E-state index contributed by atoms with van der Waals surface area (Å²) in [5, 5.41) is 6.30. The van der Waals surface area contributed by atoms with E-state index in [1.807, 2.05) is 30.3 Å². The molecule has 9 nitrogen and oxygen atoms in total. The lowest BCUT2D eigenvalue weighted by Crippen LogP contribution is -2.47. The molecule has 1 amide bonds. The summed E-state index contributed by atoms with van der Waals surface area (Å²) in [6.45, 7) is 0. The molecule has 1 heterocycles. The summed E-state index contributed by atoms with van der Waals surface area (Å²) in [5.74, 6) is -1.62. The second-order valence-electron chi connectivity index (χ2n) is 8.15. The number of thiocarbonyl (C=S) groups is 1. The van der Waals surface area contributed by atoms with Gasteiger partial charge in [0.15, 0.2) is 5.11 Å². The maximum atomic E-state index is 13.5. The van der Waals surface area contributed by atoms with Crippen molar-refractivity contribution in [1.29, 1.82) is 0 Å². The van der Waals surface area contributed by atoms with Gasteiger partial charge in [0, 0.05) is 23.2 Å². The zero-order valence-electron chi connectivity index (χ0n) is 20.7. The molecule has 1 atom stereocenters. The van der Waals surface area contributed by atoms with E-state index >= 15 is 0 Å². The van der Waals surface area contributed by atoms with Crippen LogP contribution in [0, 0.1) is 0 Å². The van der Waals surface area contributed by atoms with Crippen LogP contribution in [0.25, 0.3) is 0 Å². The average Bonchev–Trinajstić information content (AvgIpc) is 3.02. The Kier molecular flexibility index (Phi) is 8.04. The minimum atomic E-state index is -1.12. The molecular weight excluding hydrogens is 528 g/mol. The number of esters is 2. The molecule has 194 valence electrons. The largest absolute Gasteiger partial charge is 0.465 e. The quantitative estimate of drug-likeness (QED) is 0.362. The van der Waals surface area contributed by atoms with Crippen molar-refractivity contribution in [3.63, 3.8) is 0 Å². The zero-order valence-corrected chi connectivity index (χ0v) is 22.2. The van der Waals surface area contributed by atoms with Crippen molar-refractivity contribution in [2.45, 2.75) is 6.17 Å². The number of benzodiazepines with no additional fused rings is 1. The van der Waals surface area contributed by atoms with E-state index in [0.29, 0.717) is 22.0 Å². The van der Waals surface area contributed by atoms with E-state index in [0.717, 1.165) is 5.56 Å². The Labute approximate surface area is 229 Å². The number of likely N-dealkylation sites (N-methyl/N-ethyl adjacent to an activating group) is 1. The van der Waals surface area contributed by atoms with Crippen molar-refractivity contribution in [3.8, 4) is 0 Å². The molecule has 1 unspecified atom stereocenters. The number of hydrogen-bond acceptors (Lipinski definition) is 7. The fraction of sp³-hybridized carbons (Fsp3) is 0.148. The fourth-order valence-corrected chi connectivity index (χ4v) is 4.32. The predicted molar refractivity (Wildman–Crippen MR) is 149 cm³/mol.